The molecule has 3 heteroatoms. The lowest BCUT2D eigenvalue weighted by Gasteiger charge is -2.03. The fourth-order valence-corrected chi connectivity index (χ4v) is 1.31. The Morgan fingerprint density at radius 2 is 2.45 bits per heavy atom. The molecule has 0 aromatic heterocycles. The first-order chi connectivity index (χ1) is 5.33. The van der Waals surface area contributed by atoms with Crippen molar-refractivity contribution >= 4 is 5.96 Å². The van der Waals surface area contributed by atoms with Crippen LogP contribution in [0.5, 0.6) is 0 Å². The average molecular weight is 155 g/mol. The number of rotatable bonds is 4. The third-order valence-electron chi connectivity index (χ3n) is 1.98. The van der Waals surface area contributed by atoms with Crippen LogP contribution in [0.2, 0.25) is 0 Å². The van der Waals surface area contributed by atoms with E-state index in [2.05, 4.69) is 17.2 Å². The van der Waals surface area contributed by atoms with Crippen molar-refractivity contribution in [2.45, 2.75) is 38.6 Å². The number of unbranched alkanes of at least 4 members (excludes halogenated alkanes) is 2. The third kappa shape index (κ3) is 2.78. The van der Waals surface area contributed by atoms with Gasteiger partial charge in [-0.1, -0.05) is 26.2 Å². The van der Waals surface area contributed by atoms with Crippen molar-refractivity contribution in [3.63, 3.8) is 0 Å². The van der Waals surface area contributed by atoms with Crippen LogP contribution in [-0.4, -0.2) is 18.5 Å². The van der Waals surface area contributed by atoms with Gasteiger partial charge in [0.15, 0.2) is 5.96 Å². The Balaban J connectivity index is 2.08. The van der Waals surface area contributed by atoms with Crippen LogP contribution in [0.25, 0.3) is 0 Å². The van der Waals surface area contributed by atoms with E-state index in [0.29, 0.717) is 12.0 Å². The molecular weight excluding hydrogens is 138 g/mol. The monoisotopic (exact) mass is 155 g/mol. The highest BCUT2D eigenvalue weighted by molar-refractivity contribution is 5.79. The normalized spacial score (nSPS) is 23.0. The summed E-state index contributed by atoms with van der Waals surface area (Å²) in [5.41, 5.74) is 5.47. The van der Waals surface area contributed by atoms with Crippen molar-refractivity contribution in [3.05, 3.63) is 0 Å². The van der Waals surface area contributed by atoms with Crippen molar-refractivity contribution in [1.82, 2.24) is 5.32 Å². The fourth-order valence-electron chi connectivity index (χ4n) is 1.31. The van der Waals surface area contributed by atoms with Crippen LogP contribution < -0.4 is 11.1 Å². The second kappa shape index (κ2) is 4.21. The highest BCUT2D eigenvalue weighted by atomic mass is 15.2. The maximum atomic E-state index is 5.47. The van der Waals surface area contributed by atoms with Gasteiger partial charge in [-0.3, -0.25) is 0 Å². The van der Waals surface area contributed by atoms with Gasteiger partial charge in [-0.05, 0) is 6.42 Å². The van der Waals surface area contributed by atoms with E-state index in [9.17, 15) is 0 Å². The Labute approximate surface area is 68.1 Å². The molecule has 1 rings (SSSR count). The van der Waals surface area contributed by atoms with E-state index >= 15 is 0 Å². The summed E-state index contributed by atoms with van der Waals surface area (Å²) >= 11 is 0. The fraction of sp³-hybridized carbons (Fsp3) is 0.875. The minimum Gasteiger partial charge on any atom is -0.370 e. The number of hydrogen-bond donors (Lipinski definition) is 2. The number of nitrogens with two attached hydrogens (primary N) is 1. The molecule has 0 aromatic rings. The van der Waals surface area contributed by atoms with Crippen LogP contribution in [0.1, 0.15) is 32.6 Å². The molecule has 0 fully saturated rings. The Bertz CT molecular complexity index is 142. The second-order valence-corrected chi connectivity index (χ2v) is 3.04. The van der Waals surface area contributed by atoms with Crippen LogP contribution >= 0.6 is 0 Å². The van der Waals surface area contributed by atoms with Crippen molar-refractivity contribution < 1.29 is 0 Å². The lowest BCUT2D eigenvalue weighted by molar-refractivity contribution is 0.575. The summed E-state index contributed by atoms with van der Waals surface area (Å²) in [4.78, 5) is 4.24. The minimum absolute atomic E-state index is 0.446. The molecule has 3 N–H and O–H groups in total. The molecule has 1 aliphatic rings. The average Bonchev–Trinajstić information content (AvgIpc) is 2.37. The van der Waals surface area contributed by atoms with Gasteiger partial charge in [-0.2, -0.15) is 0 Å². The van der Waals surface area contributed by atoms with Gasteiger partial charge in [-0.25, -0.2) is 4.99 Å². The number of guanidine groups is 1. The lowest BCUT2D eigenvalue weighted by Crippen LogP contribution is -2.27. The number of aliphatic imine (C=N–C) groups is 1. The molecule has 0 amide bonds. The molecule has 0 saturated carbocycles. The number of hydrogen-bond acceptors (Lipinski definition) is 3. The Hall–Kier alpha value is -0.730. The molecule has 0 saturated heterocycles. The van der Waals surface area contributed by atoms with Gasteiger partial charge in [0.1, 0.15) is 0 Å². The van der Waals surface area contributed by atoms with E-state index in [1.165, 1.54) is 25.7 Å². The molecule has 11 heavy (non-hydrogen) atoms. The summed E-state index contributed by atoms with van der Waals surface area (Å²) < 4.78 is 0. The van der Waals surface area contributed by atoms with E-state index in [1.54, 1.807) is 0 Å². The first-order valence-corrected chi connectivity index (χ1v) is 4.40. The Morgan fingerprint density at radius 3 is 3.00 bits per heavy atom. The van der Waals surface area contributed by atoms with Crippen molar-refractivity contribution in [2.24, 2.45) is 10.7 Å². The van der Waals surface area contributed by atoms with Crippen LogP contribution in [0.3, 0.4) is 0 Å². The zero-order valence-corrected chi connectivity index (χ0v) is 7.14. The molecule has 0 aliphatic carbocycles. The lowest BCUT2D eigenvalue weighted by atomic mass is 10.1. The van der Waals surface area contributed by atoms with Crippen molar-refractivity contribution in [2.75, 3.05) is 6.54 Å². The predicted molar refractivity (Wildman–Crippen MR) is 47.6 cm³/mol. The van der Waals surface area contributed by atoms with Gasteiger partial charge in [0.05, 0.1) is 6.04 Å². The zero-order chi connectivity index (χ0) is 8.10. The van der Waals surface area contributed by atoms with Gasteiger partial charge in [0.2, 0.25) is 0 Å². The van der Waals surface area contributed by atoms with Crippen LogP contribution in [-0.2, 0) is 0 Å². The second-order valence-electron chi connectivity index (χ2n) is 3.04. The summed E-state index contributed by atoms with van der Waals surface area (Å²) in [7, 11) is 0. The van der Waals surface area contributed by atoms with Gasteiger partial charge in [0.25, 0.3) is 0 Å². The summed E-state index contributed by atoms with van der Waals surface area (Å²) in [5, 5.41) is 3.02. The van der Waals surface area contributed by atoms with E-state index < -0.39 is 0 Å². The molecule has 0 bridgehead atoms. The molecule has 64 valence electrons. The van der Waals surface area contributed by atoms with Crippen LogP contribution in [0.4, 0.5) is 0 Å². The molecule has 0 radical (unpaired) electrons. The maximum Gasteiger partial charge on any atom is 0.189 e. The van der Waals surface area contributed by atoms with Crippen LogP contribution in [0.15, 0.2) is 4.99 Å². The minimum atomic E-state index is 0.446. The van der Waals surface area contributed by atoms with E-state index in [4.69, 9.17) is 5.73 Å². The van der Waals surface area contributed by atoms with Crippen LogP contribution in [0, 0.1) is 0 Å². The SMILES string of the molecule is CCCCCC1CNC(N)=N1. The Kier molecular flexibility index (Phi) is 3.20. The van der Waals surface area contributed by atoms with Gasteiger partial charge >= 0.3 is 0 Å². The molecule has 1 atom stereocenters. The molecule has 3 nitrogen and oxygen atoms in total. The summed E-state index contributed by atoms with van der Waals surface area (Å²) in [6, 6.07) is 0.446. The summed E-state index contributed by atoms with van der Waals surface area (Å²) in [6.45, 7) is 3.15. The topological polar surface area (TPSA) is 50.4 Å². The maximum absolute atomic E-state index is 5.47. The zero-order valence-electron chi connectivity index (χ0n) is 7.14. The highest BCUT2D eigenvalue weighted by Gasteiger charge is 2.12. The first kappa shape index (κ1) is 8.37. The standard InChI is InChI=1S/C8H17N3/c1-2-3-4-5-7-6-10-8(9)11-7/h7H,2-6H2,1H3,(H3,9,10,11). The van der Waals surface area contributed by atoms with Gasteiger partial charge in [0, 0.05) is 6.54 Å². The molecule has 1 heterocycles. The van der Waals surface area contributed by atoms with Gasteiger partial charge in [-0.15, -0.1) is 0 Å². The van der Waals surface area contributed by atoms with Crippen molar-refractivity contribution in [3.8, 4) is 0 Å². The molecule has 0 spiro atoms. The molecular formula is C8H17N3. The molecule has 0 aromatic carbocycles. The smallest absolute Gasteiger partial charge is 0.189 e. The van der Waals surface area contributed by atoms with Crippen molar-refractivity contribution in [1.29, 1.82) is 0 Å². The highest BCUT2D eigenvalue weighted by Crippen LogP contribution is 2.08. The third-order valence-corrected chi connectivity index (χ3v) is 1.98. The summed E-state index contributed by atoms with van der Waals surface area (Å²) in [5.74, 6) is 0.617. The quantitative estimate of drug-likeness (QED) is 0.591. The summed E-state index contributed by atoms with van der Waals surface area (Å²) in [6.07, 6.45) is 5.05. The van der Waals surface area contributed by atoms with E-state index in [-0.39, 0.29) is 0 Å². The van der Waals surface area contributed by atoms with E-state index in [0.717, 1.165) is 6.54 Å². The number of nitrogens with zero attached hydrogens (tertiary/aromatic N) is 1. The Morgan fingerprint density at radius 1 is 1.64 bits per heavy atom. The van der Waals surface area contributed by atoms with E-state index in [1.807, 2.05) is 0 Å². The predicted octanol–water partition coefficient (Wildman–Crippen LogP) is 0.853. The number of nitrogens with one attached hydrogen (secondary N) is 1. The van der Waals surface area contributed by atoms with Gasteiger partial charge < -0.3 is 11.1 Å². The molecule has 1 unspecified atom stereocenters. The molecule has 1 aliphatic heterocycles. The largest absolute Gasteiger partial charge is 0.370 e. The first-order valence-electron chi connectivity index (χ1n) is 4.40.